The van der Waals surface area contributed by atoms with Gasteiger partial charge < -0.3 is 31.6 Å². The molecule has 0 fully saturated rings. The lowest BCUT2D eigenvalue weighted by Crippen LogP contribution is -3.00. The molecule has 0 saturated heterocycles. The molecule has 140 valence electrons. The van der Waals surface area contributed by atoms with E-state index in [1.54, 1.807) is 7.11 Å². The second-order valence-corrected chi connectivity index (χ2v) is 5.92. The number of rotatable bonds is 8. The number of nitrogens with zero attached hydrogens (tertiary/aromatic N) is 2. The van der Waals surface area contributed by atoms with Crippen molar-refractivity contribution in [3.63, 3.8) is 0 Å². The molecule has 1 heterocycles. The van der Waals surface area contributed by atoms with Gasteiger partial charge in [-0.15, -0.1) is 0 Å². The molecule has 0 radical (unpaired) electrons. The summed E-state index contributed by atoms with van der Waals surface area (Å²) in [5.74, 6) is 2.31. The Balaban J connectivity index is 0.00000243. The van der Waals surface area contributed by atoms with Crippen molar-refractivity contribution in [2.45, 2.75) is 32.4 Å². The highest BCUT2D eigenvalue weighted by molar-refractivity contribution is 5.76. The summed E-state index contributed by atoms with van der Waals surface area (Å²) in [5, 5.41) is 10.3. The number of imidazole rings is 1. The molecule has 0 saturated carbocycles. The van der Waals surface area contributed by atoms with Crippen molar-refractivity contribution in [1.82, 2.24) is 9.55 Å². The van der Waals surface area contributed by atoms with Crippen molar-refractivity contribution in [2.75, 3.05) is 13.7 Å². The van der Waals surface area contributed by atoms with Crippen molar-refractivity contribution in [3.8, 4) is 11.5 Å². The topological polar surface area (TPSA) is 56.5 Å². The second kappa shape index (κ2) is 9.46. The van der Waals surface area contributed by atoms with Crippen LogP contribution in [-0.2, 0) is 6.54 Å². The van der Waals surface area contributed by atoms with Gasteiger partial charge in [-0.05, 0) is 37.1 Å². The summed E-state index contributed by atoms with van der Waals surface area (Å²) in [5.41, 5.74) is 1.96. The first-order chi connectivity index (χ1) is 12.2. The minimum atomic E-state index is -0.549. The van der Waals surface area contributed by atoms with Gasteiger partial charge in [0.1, 0.15) is 23.4 Å². The Hall–Kier alpha value is -2.24. The molecule has 0 bridgehead atoms. The van der Waals surface area contributed by atoms with Crippen LogP contribution in [0.15, 0.2) is 48.5 Å². The van der Waals surface area contributed by atoms with Crippen LogP contribution in [0.2, 0.25) is 0 Å². The molecular weight excluding hydrogens is 352 g/mol. The highest BCUT2D eigenvalue weighted by Crippen LogP contribution is 2.23. The molecule has 0 aliphatic carbocycles. The monoisotopic (exact) mass is 375 g/mol. The van der Waals surface area contributed by atoms with Crippen molar-refractivity contribution < 1.29 is 27.0 Å². The summed E-state index contributed by atoms with van der Waals surface area (Å²) in [7, 11) is 1.64. The van der Waals surface area contributed by atoms with Gasteiger partial charge in [-0.3, -0.25) is 0 Å². The summed E-state index contributed by atoms with van der Waals surface area (Å²) in [6.45, 7) is 3.29. The van der Waals surface area contributed by atoms with Gasteiger partial charge >= 0.3 is 0 Å². The average Bonchev–Trinajstić information content (AvgIpc) is 3.03. The first-order valence-electron chi connectivity index (χ1n) is 8.63. The van der Waals surface area contributed by atoms with Crippen LogP contribution in [0.25, 0.3) is 11.0 Å². The number of aliphatic hydroxyl groups is 1. The van der Waals surface area contributed by atoms with E-state index in [4.69, 9.17) is 9.47 Å². The van der Waals surface area contributed by atoms with E-state index in [1.807, 2.05) is 55.5 Å². The fourth-order valence-electron chi connectivity index (χ4n) is 2.87. The molecule has 1 unspecified atom stereocenters. The zero-order valence-corrected chi connectivity index (χ0v) is 15.8. The van der Waals surface area contributed by atoms with E-state index >= 15 is 0 Å². The summed E-state index contributed by atoms with van der Waals surface area (Å²) in [6.07, 6.45) is 0.914. The number of methoxy groups -OCH3 is 1. The first-order valence-corrected chi connectivity index (χ1v) is 8.63. The van der Waals surface area contributed by atoms with Gasteiger partial charge in [0, 0.05) is 12.6 Å². The molecule has 0 aliphatic rings. The van der Waals surface area contributed by atoms with Gasteiger partial charge in [0.2, 0.25) is 0 Å². The number of aryl methyl sites for hydroxylation is 1. The third kappa shape index (κ3) is 4.48. The standard InChI is InChI=1S/C20H24N2O3.ClH/c1-3-19(23)20-21-17-10-4-5-11-18(17)22(20)12-7-13-25-16-9-6-8-15(14-16)24-2;/h4-6,8-11,14,19,23H,3,7,12-13H2,1-2H3;1H/p-1. The molecule has 1 atom stereocenters. The van der Waals surface area contributed by atoms with Crippen LogP contribution in [0.5, 0.6) is 11.5 Å². The normalized spacial score (nSPS) is 11.8. The van der Waals surface area contributed by atoms with Crippen LogP contribution in [-0.4, -0.2) is 28.4 Å². The van der Waals surface area contributed by atoms with Gasteiger partial charge in [-0.1, -0.05) is 25.1 Å². The molecule has 3 rings (SSSR count). The highest BCUT2D eigenvalue weighted by atomic mass is 35.5. The quantitative estimate of drug-likeness (QED) is 0.596. The Morgan fingerprint density at radius 2 is 1.88 bits per heavy atom. The lowest BCUT2D eigenvalue weighted by atomic mass is 10.2. The number of hydrogen-bond donors (Lipinski definition) is 1. The number of benzene rings is 2. The number of fused-ring (bicyclic) bond motifs is 1. The predicted octanol–water partition coefficient (Wildman–Crippen LogP) is 0.961. The van der Waals surface area contributed by atoms with Crippen LogP contribution in [0.1, 0.15) is 31.7 Å². The number of aliphatic hydroxyl groups excluding tert-OH is 1. The summed E-state index contributed by atoms with van der Waals surface area (Å²) in [4.78, 5) is 4.60. The second-order valence-electron chi connectivity index (χ2n) is 5.92. The fourth-order valence-corrected chi connectivity index (χ4v) is 2.87. The molecular formula is C20H24ClN2O3-. The van der Waals surface area contributed by atoms with E-state index in [0.29, 0.717) is 13.0 Å². The molecule has 2 aromatic carbocycles. The maximum atomic E-state index is 10.3. The number of ether oxygens (including phenoxy) is 2. The van der Waals surface area contributed by atoms with Crippen LogP contribution in [0.3, 0.4) is 0 Å². The Kier molecular flexibility index (Phi) is 7.30. The van der Waals surface area contributed by atoms with Gasteiger partial charge in [0.25, 0.3) is 0 Å². The van der Waals surface area contributed by atoms with E-state index in [9.17, 15) is 5.11 Å². The third-order valence-electron chi connectivity index (χ3n) is 4.20. The Bertz CT molecular complexity index is 835. The molecule has 0 amide bonds. The molecule has 5 nitrogen and oxygen atoms in total. The van der Waals surface area contributed by atoms with Crippen LogP contribution in [0, 0.1) is 0 Å². The van der Waals surface area contributed by atoms with Crippen molar-refractivity contribution >= 4 is 11.0 Å². The Morgan fingerprint density at radius 3 is 2.65 bits per heavy atom. The van der Waals surface area contributed by atoms with Crippen LogP contribution < -0.4 is 21.9 Å². The largest absolute Gasteiger partial charge is 1.00 e. The van der Waals surface area contributed by atoms with E-state index in [-0.39, 0.29) is 12.4 Å². The average molecular weight is 376 g/mol. The number of para-hydroxylation sites is 2. The van der Waals surface area contributed by atoms with Crippen molar-refractivity contribution in [2.24, 2.45) is 0 Å². The SMILES string of the molecule is CCC(O)c1nc2ccccc2n1CCCOc1cccc(OC)c1.[Cl-]. The Labute approximate surface area is 160 Å². The summed E-state index contributed by atoms with van der Waals surface area (Å²) >= 11 is 0. The van der Waals surface area contributed by atoms with Crippen molar-refractivity contribution in [1.29, 1.82) is 0 Å². The van der Waals surface area contributed by atoms with E-state index in [2.05, 4.69) is 9.55 Å². The lowest BCUT2D eigenvalue weighted by Gasteiger charge is -2.13. The molecule has 26 heavy (non-hydrogen) atoms. The lowest BCUT2D eigenvalue weighted by molar-refractivity contribution is -0.00000762. The van der Waals surface area contributed by atoms with Crippen molar-refractivity contribution in [3.05, 3.63) is 54.4 Å². The van der Waals surface area contributed by atoms with E-state index in [1.165, 1.54) is 0 Å². The zero-order chi connectivity index (χ0) is 17.6. The minimum Gasteiger partial charge on any atom is -1.00 e. The van der Waals surface area contributed by atoms with Gasteiger partial charge in [0.15, 0.2) is 0 Å². The Morgan fingerprint density at radius 1 is 1.12 bits per heavy atom. The maximum absolute atomic E-state index is 10.3. The minimum absolute atomic E-state index is 0. The van der Waals surface area contributed by atoms with Gasteiger partial charge in [0.05, 0.1) is 24.8 Å². The first kappa shape index (κ1) is 20.1. The smallest absolute Gasteiger partial charge is 0.138 e. The number of halogens is 1. The summed E-state index contributed by atoms with van der Waals surface area (Å²) in [6, 6.07) is 15.6. The van der Waals surface area contributed by atoms with Gasteiger partial charge in [-0.25, -0.2) is 4.98 Å². The maximum Gasteiger partial charge on any atom is 0.138 e. The fraction of sp³-hybridized carbons (Fsp3) is 0.350. The molecule has 0 aliphatic heterocycles. The molecule has 1 N–H and O–H groups in total. The third-order valence-corrected chi connectivity index (χ3v) is 4.20. The molecule has 0 spiro atoms. The predicted molar refractivity (Wildman–Crippen MR) is 98.1 cm³/mol. The van der Waals surface area contributed by atoms with Gasteiger partial charge in [-0.2, -0.15) is 0 Å². The van der Waals surface area contributed by atoms with Crippen LogP contribution in [0.4, 0.5) is 0 Å². The van der Waals surface area contributed by atoms with E-state index < -0.39 is 6.10 Å². The number of aromatic nitrogens is 2. The highest BCUT2D eigenvalue weighted by Gasteiger charge is 2.16. The molecule has 1 aromatic heterocycles. The molecule has 3 aromatic rings. The van der Waals surface area contributed by atoms with Crippen LogP contribution >= 0.6 is 0 Å². The summed E-state index contributed by atoms with van der Waals surface area (Å²) < 4.78 is 13.1. The molecule has 6 heteroatoms. The number of hydrogen-bond acceptors (Lipinski definition) is 4. The van der Waals surface area contributed by atoms with E-state index in [0.717, 1.165) is 41.3 Å². The zero-order valence-electron chi connectivity index (χ0n) is 15.1.